The number of methoxy groups -OCH3 is 1. The van der Waals surface area contributed by atoms with Crippen LogP contribution in [0.25, 0.3) is 0 Å². The molecule has 8 nitrogen and oxygen atoms in total. The predicted molar refractivity (Wildman–Crippen MR) is 136 cm³/mol. The number of hydrazone groups is 1. The number of para-hydroxylation sites is 1. The molecule has 0 atom stereocenters. The van der Waals surface area contributed by atoms with E-state index in [1.807, 2.05) is 44.2 Å². The molecule has 0 aliphatic heterocycles. The average molecular weight is 476 g/mol. The van der Waals surface area contributed by atoms with Gasteiger partial charge in [0.25, 0.3) is 11.8 Å². The number of hydrogen-bond donors (Lipinski definition) is 2. The van der Waals surface area contributed by atoms with Crippen LogP contribution in [-0.4, -0.2) is 38.4 Å². The maximum Gasteiger partial charge on any atom is 0.271 e. The van der Waals surface area contributed by atoms with Gasteiger partial charge in [0.1, 0.15) is 5.75 Å². The first-order valence-corrected chi connectivity index (χ1v) is 11.2. The number of aryl methyl sites for hydroxylation is 1. The Labute approximate surface area is 204 Å². The molecular weight excluding hydrogens is 446 g/mol. The number of hydrogen-bond acceptors (Lipinski definition) is 6. The van der Waals surface area contributed by atoms with Gasteiger partial charge in [-0.2, -0.15) is 5.10 Å². The third-order valence-corrected chi connectivity index (χ3v) is 4.87. The van der Waals surface area contributed by atoms with Gasteiger partial charge in [-0.05, 0) is 55.8 Å². The standard InChI is InChI=1S/C27H29N3O5/c1-4-15-34-24-14-11-20(16-25(24)33-3)27(32)30-28-17-21-7-5-6-8-23(21)35-18-26(31)29-22-12-9-19(2)10-13-22/h5-14,16-17H,4,15,18H2,1-3H3,(H,29,31)(H,30,32)/b28-17+. The maximum absolute atomic E-state index is 12.5. The van der Waals surface area contributed by atoms with Crippen LogP contribution in [0.3, 0.4) is 0 Å². The number of amides is 2. The van der Waals surface area contributed by atoms with Crippen molar-refractivity contribution in [3.05, 3.63) is 83.4 Å². The zero-order chi connectivity index (χ0) is 25.0. The van der Waals surface area contributed by atoms with E-state index in [2.05, 4.69) is 15.8 Å². The molecule has 3 rings (SSSR count). The molecule has 2 N–H and O–H groups in total. The van der Waals surface area contributed by atoms with Gasteiger partial charge in [0.2, 0.25) is 0 Å². The SMILES string of the molecule is CCCOc1ccc(C(=O)N/N=C/c2ccccc2OCC(=O)Nc2ccc(C)cc2)cc1OC. The number of benzene rings is 3. The number of nitrogens with one attached hydrogen (secondary N) is 2. The van der Waals surface area contributed by atoms with Gasteiger partial charge in [0.15, 0.2) is 18.1 Å². The molecule has 182 valence electrons. The van der Waals surface area contributed by atoms with E-state index in [4.69, 9.17) is 14.2 Å². The number of ether oxygens (including phenoxy) is 3. The minimum atomic E-state index is -0.405. The Morgan fingerprint density at radius 2 is 1.71 bits per heavy atom. The molecule has 0 saturated carbocycles. The fraction of sp³-hybridized carbons (Fsp3) is 0.222. The largest absolute Gasteiger partial charge is 0.493 e. The van der Waals surface area contributed by atoms with Crippen LogP contribution in [0.5, 0.6) is 17.2 Å². The van der Waals surface area contributed by atoms with Crippen LogP contribution in [0.15, 0.2) is 71.8 Å². The summed E-state index contributed by atoms with van der Waals surface area (Å²) in [5.74, 6) is 0.819. The van der Waals surface area contributed by atoms with Gasteiger partial charge in [0.05, 0.1) is 19.9 Å². The molecule has 3 aromatic rings. The zero-order valence-corrected chi connectivity index (χ0v) is 20.0. The van der Waals surface area contributed by atoms with Gasteiger partial charge >= 0.3 is 0 Å². The van der Waals surface area contributed by atoms with Crippen molar-refractivity contribution >= 4 is 23.7 Å². The summed E-state index contributed by atoms with van der Waals surface area (Å²) in [4.78, 5) is 24.7. The molecule has 3 aromatic carbocycles. The number of anilines is 1. The second-order valence-corrected chi connectivity index (χ2v) is 7.65. The molecule has 0 heterocycles. The summed E-state index contributed by atoms with van der Waals surface area (Å²) in [6.07, 6.45) is 2.32. The number of carbonyl (C=O) groups excluding carboxylic acids is 2. The number of nitrogens with zero attached hydrogens (tertiary/aromatic N) is 1. The van der Waals surface area contributed by atoms with E-state index in [0.29, 0.717) is 40.7 Å². The molecule has 0 aromatic heterocycles. The molecule has 0 saturated heterocycles. The van der Waals surface area contributed by atoms with Crippen LogP contribution in [0.1, 0.15) is 34.8 Å². The van der Waals surface area contributed by atoms with Crippen molar-refractivity contribution in [3.8, 4) is 17.2 Å². The lowest BCUT2D eigenvalue weighted by atomic mass is 10.2. The van der Waals surface area contributed by atoms with Gasteiger partial charge in [-0.1, -0.05) is 36.8 Å². The predicted octanol–water partition coefficient (Wildman–Crippen LogP) is 4.57. The lowest BCUT2D eigenvalue weighted by Crippen LogP contribution is -2.20. The summed E-state index contributed by atoms with van der Waals surface area (Å²) in [5.41, 5.74) is 5.28. The fourth-order valence-corrected chi connectivity index (χ4v) is 3.06. The van der Waals surface area contributed by atoms with Crippen LogP contribution in [0.2, 0.25) is 0 Å². The van der Waals surface area contributed by atoms with Crippen molar-refractivity contribution in [1.82, 2.24) is 5.43 Å². The highest BCUT2D eigenvalue weighted by Crippen LogP contribution is 2.28. The Morgan fingerprint density at radius 1 is 0.943 bits per heavy atom. The normalized spacial score (nSPS) is 10.6. The van der Waals surface area contributed by atoms with Crippen LogP contribution >= 0.6 is 0 Å². The van der Waals surface area contributed by atoms with Crippen molar-refractivity contribution < 1.29 is 23.8 Å². The minimum absolute atomic E-state index is 0.169. The second-order valence-electron chi connectivity index (χ2n) is 7.65. The van der Waals surface area contributed by atoms with E-state index in [0.717, 1.165) is 12.0 Å². The topological polar surface area (TPSA) is 98.3 Å². The highest BCUT2D eigenvalue weighted by molar-refractivity contribution is 5.96. The minimum Gasteiger partial charge on any atom is -0.493 e. The van der Waals surface area contributed by atoms with Crippen molar-refractivity contribution in [2.75, 3.05) is 25.6 Å². The van der Waals surface area contributed by atoms with Crippen LogP contribution in [0.4, 0.5) is 5.69 Å². The highest BCUT2D eigenvalue weighted by Gasteiger charge is 2.11. The van der Waals surface area contributed by atoms with E-state index >= 15 is 0 Å². The van der Waals surface area contributed by atoms with Crippen molar-refractivity contribution in [2.45, 2.75) is 20.3 Å². The lowest BCUT2D eigenvalue weighted by molar-refractivity contribution is -0.118. The molecule has 0 aliphatic carbocycles. The highest BCUT2D eigenvalue weighted by atomic mass is 16.5. The Kier molecular flexibility index (Phi) is 9.24. The van der Waals surface area contributed by atoms with Crippen molar-refractivity contribution in [3.63, 3.8) is 0 Å². The molecule has 35 heavy (non-hydrogen) atoms. The summed E-state index contributed by atoms with van der Waals surface area (Å²) < 4.78 is 16.6. The van der Waals surface area contributed by atoms with E-state index in [1.165, 1.54) is 13.3 Å². The van der Waals surface area contributed by atoms with E-state index in [1.54, 1.807) is 36.4 Å². The van der Waals surface area contributed by atoms with Gasteiger partial charge in [-0.3, -0.25) is 9.59 Å². The van der Waals surface area contributed by atoms with E-state index < -0.39 is 5.91 Å². The molecular formula is C27H29N3O5. The molecule has 0 aliphatic rings. The maximum atomic E-state index is 12.5. The smallest absolute Gasteiger partial charge is 0.271 e. The third-order valence-electron chi connectivity index (χ3n) is 4.87. The van der Waals surface area contributed by atoms with Crippen LogP contribution in [-0.2, 0) is 4.79 Å². The second kappa shape index (κ2) is 12.8. The van der Waals surface area contributed by atoms with E-state index in [-0.39, 0.29) is 12.5 Å². The molecule has 2 amide bonds. The third kappa shape index (κ3) is 7.60. The Hall–Kier alpha value is -4.33. The quantitative estimate of drug-likeness (QED) is 0.313. The van der Waals surface area contributed by atoms with Gasteiger partial charge < -0.3 is 19.5 Å². The van der Waals surface area contributed by atoms with E-state index in [9.17, 15) is 9.59 Å². The Bertz CT molecular complexity index is 1180. The Morgan fingerprint density at radius 3 is 2.46 bits per heavy atom. The molecule has 0 radical (unpaired) electrons. The molecule has 8 heteroatoms. The van der Waals surface area contributed by atoms with Gasteiger partial charge in [-0.25, -0.2) is 5.43 Å². The monoisotopic (exact) mass is 475 g/mol. The van der Waals surface area contributed by atoms with Gasteiger partial charge in [0, 0.05) is 16.8 Å². The molecule has 0 fully saturated rings. The number of rotatable bonds is 11. The first kappa shape index (κ1) is 25.3. The number of carbonyl (C=O) groups is 2. The van der Waals surface area contributed by atoms with Crippen LogP contribution < -0.4 is 25.0 Å². The Balaban J connectivity index is 1.58. The van der Waals surface area contributed by atoms with Crippen molar-refractivity contribution in [2.24, 2.45) is 5.10 Å². The summed E-state index contributed by atoms with van der Waals surface area (Å²) in [6, 6.07) is 19.5. The molecule has 0 spiro atoms. The summed E-state index contributed by atoms with van der Waals surface area (Å²) in [5, 5.41) is 6.82. The van der Waals surface area contributed by atoms with Crippen LogP contribution in [0, 0.1) is 6.92 Å². The molecule has 0 unspecified atom stereocenters. The first-order chi connectivity index (χ1) is 17.0. The summed E-state index contributed by atoms with van der Waals surface area (Å²) in [7, 11) is 1.52. The first-order valence-electron chi connectivity index (χ1n) is 11.2. The summed E-state index contributed by atoms with van der Waals surface area (Å²) in [6.45, 7) is 4.37. The van der Waals surface area contributed by atoms with Crippen molar-refractivity contribution in [1.29, 1.82) is 0 Å². The average Bonchev–Trinajstić information content (AvgIpc) is 2.88. The molecule has 0 bridgehead atoms. The lowest BCUT2D eigenvalue weighted by Gasteiger charge is -2.11. The van der Waals surface area contributed by atoms with Gasteiger partial charge in [-0.15, -0.1) is 0 Å². The fourth-order valence-electron chi connectivity index (χ4n) is 3.06. The zero-order valence-electron chi connectivity index (χ0n) is 20.0. The summed E-state index contributed by atoms with van der Waals surface area (Å²) >= 11 is 0.